The minimum Gasteiger partial charge on any atom is -0.496 e. The van der Waals surface area contributed by atoms with Crippen LogP contribution in [-0.4, -0.2) is 37.6 Å². The Hall–Kier alpha value is -2.11. The van der Waals surface area contributed by atoms with E-state index in [2.05, 4.69) is 5.32 Å². The zero-order chi connectivity index (χ0) is 17.6. The zero-order valence-electron chi connectivity index (χ0n) is 14.8. The first-order chi connectivity index (χ1) is 12.2. The van der Waals surface area contributed by atoms with Gasteiger partial charge in [-0.25, -0.2) is 4.39 Å². The van der Waals surface area contributed by atoms with E-state index >= 15 is 0 Å². The molecular weight excluding hydrogens is 355 g/mol. The molecule has 1 aliphatic rings. The molecule has 1 atom stereocenters. The predicted molar refractivity (Wildman–Crippen MR) is 102 cm³/mol. The molecule has 1 unspecified atom stereocenters. The number of carbonyl (C=O) groups excluding carboxylic acids is 1. The number of benzene rings is 2. The molecule has 0 bridgehead atoms. The number of para-hydroxylation sites is 1. The first-order valence-corrected chi connectivity index (χ1v) is 8.56. The van der Waals surface area contributed by atoms with E-state index in [1.807, 2.05) is 35.2 Å². The Morgan fingerprint density at radius 1 is 1.27 bits per heavy atom. The molecular formula is C20H24ClFN2O2. The number of piperazine rings is 1. The highest BCUT2D eigenvalue weighted by Gasteiger charge is 2.27. The Kier molecular flexibility index (Phi) is 7.42. The van der Waals surface area contributed by atoms with Crippen molar-refractivity contribution in [1.82, 2.24) is 10.2 Å². The molecule has 2 aromatic carbocycles. The number of rotatable bonds is 5. The van der Waals surface area contributed by atoms with Crippen LogP contribution in [0.3, 0.4) is 0 Å². The SMILES string of the molecule is COc1ccccc1CCC(=O)N1CCNCC1c1cccc(F)c1.Cl. The Bertz CT molecular complexity index is 741. The molecule has 0 radical (unpaired) electrons. The Labute approximate surface area is 159 Å². The van der Waals surface area contributed by atoms with Crippen molar-refractivity contribution in [3.05, 3.63) is 65.5 Å². The van der Waals surface area contributed by atoms with Crippen LogP contribution in [-0.2, 0) is 11.2 Å². The van der Waals surface area contributed by atoms with E-state index in [0.29, 0.717) is 25.9 Å². The molecule has 1 N–H and O–H groups in total. The summed E-state index contributed by atoms with van der Waals surface area (Å²) >= 11 is 0. The maximum atomic E-state index is 13.6. The average molecular weight is 379 g/mol. The number of methoxy groups -OCH3 is 1. The summed E-state index contributed by atoms with van der Waals surface area (Å²) in [4.78, 5) is 14.7. The van der Waals surface area contributed by atoms with Gasteiger partial charge in [0.1, 0.15) is 11.6 Å². The van der Waals surface area contributed by atoms with Gasteiger partial charge in [-0.3, -0.25) is 4.79 Å². The topological polar surface area (TPSA) is 41.6 Å². The van der Waals surface area contributed by atoms with Crippen molar-refractivity contribution in [2.75, 3.05) is 26.7 Å². The number of carbonyl (C=O) groups is 1. The van der Waals surface area contributed by atoms with Crippen molar-refractivity contribution in [3.8, 4) is 5.75 Å². The molecule has 1 heterocycles. The number of amides is 1. The van der Waals surface area contributed by atoms with Crippen molar-refractivity contribution in [3.63, 3.8) is 0 Å². The third kappa shape index (κ3) is 4.74. The van der Waals surface area contributed by atoms with E-state index in [1.54, 1.807) is 13.2 Å². The number of ether oxygens (including phenoxy) is 1. The summed E-state index contributed by atoms with van der Waals surface area (Å²) in [6.45, 7) is 2.03. The number of hydrogen-bond acceptors (Lipinski definition) is 3. The van der Waals surface area contributed by atoms with Gasteiger partial charge in [0.15, 0.2) is 0 Å². The van der Waals surface area contributed by atoms with Gasteiger partial charge in [0, 0.05) is 26.1 Å². The Morgan fingerprint density at radius 2 is 2.08 bits per heavy atom. The van der Waals surface area contributed by atoms with Gasteiger partial charge in [0.2, 0.25) is 5.91 Å². The summed E-state index contributed by atoms with van der Waals surface area (Å²) in [6, 6.07) is 14.1. The van der Waals surface area contributed by atoms with Gasteiger partial charge in [0.25, 0.3) is 0 Å². The molecule has 0 spiro atoms. The van der Waals surface area contributed by atoms with Crippen LogP contribution in [0.2, 0.25) is 0 Å². The summed E-state index contributed by atoms with van der Waals surface area (Å²) in [5, 5.41) is 3.29. The van der Waals surface area contributed by atoms with E-state index in [-0.39, 0.29) is 30.2 Å². The summed E-state index contributed by atoms with van der Waals surface area (Å²) in [5.41, 5.74) is 1.86. The lowest BCUT2D eigenvalue weighted by Crippen LogP contribution is -2.48. The predicted octanol–water partition coefficient (Wildman–Crippen LogP) is 3.36. The van der Waals surface area contributed by atoms with Crippen molar-refractivity contribution in [2.24, 2.45) is 0 Å². The zero-order valence-corrected chi connectivity index (χ0v) is 15.6. The van der Waals surface area contributed by atoms with Crippen LogP contribution in [0.15, 0.2) is 48.5 Å². The first-order valence-electron chi connectivity index (χ1n) is 8.56. The van der Waals surface area contributed by atoms with Gasteiger partial charge in [0.05, 0.1) is 13.2 Å². The van der Waals surface area contributed by atoms with Crippen molar-refractivity contribution >= 4 is 18.3 Å². The van der Waals surface area contributed by atoms with E-state index in [1.165, 1.54) is 12.1 Å². The molecule has 26 heavy (non-hydrogen) atoms. The van der Waals surface area contributed by atoms with Crippen LogP contribution in [0.4, 0.5) is 4.39 Å². The minimum absolute atomic E-state index is 0. The number of halogens is 2. The van der Waals surface area contributed by atoms with E-state index in [4.69, 9.17) is 4.74 Å². The molecule has 0 aliphatic carbocycles. The molecule has 1 amide bonds. The van der Waals surface area contributed by atoms with Gasteiger partial charge in [-0.05, 0) is 35.7 Å². The molecule has 2 aromatic rings. The maximum absolute atomic E-state index is 13.6. The monoisotopic (exact) mass is 378 g/mol. The van der Waals surface area contributed by atoms with Crippen molar-refractivity contribution in [1.29, 1.82) is 0 Å². The summed E-state index contributed by atoms with van der Waals surface area (Å²) in [6.07, 6.45) is 1.04. The van der Waals surface area contributed by atoms with Crippen LogP contribution >= 0.6 is 12.4 Å². The van der Waals surface area contributed by atoms with Crippen LogP contribution < -0.4 is 10.1 Å². The fraction of sp³-hybridized carbons (Fsp3) is 0.350. The molecule has 4 nitrogen and oxygen atoms in total. The summed E-state index contributed by atoms with van der Waals surface area (Å²) < 4.78 is 18.9. The second-order valence-electron chi connectivity index (χ2n) is 6.17. The standard InChI is InChI=1S/C20H23FN2O2.ClH/c1-25-19-8-3-2-5-15(19)9-10-20(24)23-12-11-22-14-18(23)16-6-4-7-17(21)13-16;/h2-8,13,18,22H,9-12,14H2,1H3;1H. The molecule has 6 heteroatoms. The van der Waals surface area contributed by atoms with Crippen LogP contribution in [0.25, 0.3) is 0 Å². The summed E-state index contributed by atoms with van der Waals surface area (Å²) in [5.74, 6) is 0.614. The Morgan fingerprint density at radius 3 is 2.85 bits per heavy atom. The lowest BCUT2D eigenvalue weighted by Gasteiger charge is -2.36. The van der Waals surface area contributed by atoms with E-state index < -0.39 is 0 Å². The molecule has 0 saturated carbocycles. The second kappa shape index (κ2) is 9.55. The lowest BCUT2D eigenvalue weighted by atomic mass is 10.0. The molecule has 1 saturated heterocycles. The number of hydrogen-bond donors (Lipinski definition) is 1. The minimum atomic E-state index is -0.274. The maximum Gasteiger partial charge on any atom is 0.223 e. The number of nitrogens with one attached hydrogen (secondary N) is 1. The fourth-order valence-electron chi connectivity index (χ4n) is 3.31. The Balaban J connectivity index is 0.00000243. The third-order valence-corrected chi connectivity index (χ3v) is 4.60. The molecule has 1 fully saturated rings. The highest BCUT2D eigenvalue weighted by atomic mass is 35.5. The smallest absolute Gasteiger partial charge is 0.223 e. The number of aryl methyl sites for hydroxylation is 1. The summed E-state index contributed by atoms with van der Waals surface area (Å²) in [7, 11) is 1.64. The first kappa shape index (κ1) is 20.2. The highest BCUT2D eigenvalue weighted by Crippen LogP contribution is 2.25. The molecule has 1 aliphatic heterocycles. The number of nitrogens with zero attached hydrogens (tertiary/aromatic N) is 1. The highest BCUT2D eigenvalue weighted by molar-refractivity contribution is 5.85. The van der Waals surface area contributed by atoms with Crippen LogP contribution in [0.5, 0.6) is 5.75 Å². The third-order valence-electron chi connectivity index (χ3n) is 4.60. The molecule has 140 valence electrons. The van der Waals surface area contributed by atoms with E-state index in [9.17, 15) is 9.18 Å². The fourth-order valence-corrected chi connectivity index (χ4v) is 3.31. The van der Waals surface area contributed by atoms with Gasteiger partial charge in [-0.15, -0.1) is 12.4 Å². The van der Waals surface area contributed by atoms with E-state index in [0.717, 1.165) is 23.4 Å². The van der Waals surface area contributed by atoms with Crippen LogP contribution in [0, 0.1) is 5.82 Å². The van der Waals surface area contributed by atoms with Gasteiger partial charge >= 0.3 is 0 Å². The van der Waals surface area contributed by atoms with Gasteiger partial charge in [-0.1, -0.05) is 30.3 Å². The average Bonchev–Trinajstić information content (AvgIpc) is 2.66. The molecule has 0 aromatic heterocycles. The quantitative estimate of drug-likeness (QED) is 0.867. The van der Waals surface area contributed by atoms with Crippen molar-refractivity contribution < 1.29 is 13.9 Å². The largest absolute Gasteiger partial charge is 0.496 e. The second-order valence-corrected chi connectivity index (χ2v) is 6.17. The lowest BCUT2D eigenvalue weighted by molar-refractivity contribution is -0.134. The van der Waals surface area contributed by atoms with Gasteiger partial charge < -0.3 is 15.0 Å². The van der Waals surface area contributed by atoms with Crippen molar-refractivity contribution in [2.45, 2.75) is 18.9 Å². The van der Waals surface area contributed by atoms with Crippen LogP contribution in [0.1, 0.15) is 23.6 Å². The van der Waals surface area contributed by atoms with Gasteiger partial charge in [-0.2, -0.15) is 0 Å². The normalized spacial score (nSPS) is 16.7. The molecule has 3 rings (SSSR count).